The van der Waals surface area contributed by atoms with Crippen LogP contribution >= 0.6 is 0 Å². The number of methoxy groups -OCH3 is 1. The van der Waals surface area contributed by atoms with Gasteiger partial charge in [-0.05, 0) is 38.1 Å². The SMILES string of the molecule is CCOC(=O)C=Cc1c(C)nn(C)c1-n1ccc2ccc(OC)cc21. The Morgan fingerprint density at radius 1 is 1.32 bits per heavy atom. The largest absolute Gasteiger partial charge is 0.497 e. The van der Waals surface area contributed by atoms with Crippen molar-refractivity contribution in [3.8, 4) is 11.6 Å². The van der Waals surface area contributed by atoms with Gasteiger partial charge in [-0.2, -0.15) is 5.10 Å². The second-order valence-corrected chi connectivity index (χ2v) is 5.64. The Labute approximate surface area is 146 Å². The van der Waals surface area contributed by atoms with Gasteiger partial charge in [0.15, 0.2) is 0 Å². The molecule has 0 N–H and O–H groups in total. The van der Waals surface area contributed by atoms with Crippen LogP contribution in [0.15, 0.2) is 36.5 Å². The number of carbonyl (C=O) groups excluding carboxylic acids is 1. The smallest absolute Gasteiger partial charge is 0.330 e. The first-order chi connectivity index (χ1) is 12.0. The molecule has 0 unspecified atom stereocenters. The molecule has 0 radical (unpaired) electrons. The second-order valence-electron chi connectivity index (χ2n) is 5.64. The molecule has 0 fully saturated rings. The van der Waals surface area contributed by atoms with Gasteiger partial charge in [-0.25, -0.2) is 4.79 Å². The highest BCUT2D eigenvalue weighted by atomic mass is 16.5. The van der Waals surface area contributed by atoms with Crippen LogP contribution in [-0.4, -0.2) is 34.0 Å². The van der Waals surface area contributed by atoms with E-state index < -0.39 is 0 Å². The standard InChI is InChI=1S/C19H21N3O3/c1-5-25-18(23)9-8-16-13(2)20-21(3)19(16)22-11-10-14-6-7-15(24-4)12-17(14)22/h6-12H,5H2,1-4H3. The van der Waals surface area contributed by atoms with Crippen molar-refractivity contribution in [3.05, 3.63) is 47.8 Å². The van der Waals surface area contributed by atoms with Crippen LogP contribution in [0.4, 0.5) is 0 Å². The molecular weight excluding hydrogens is 318 g/mol. The normalized spacial score (nSPS) is 11.4. The number of hydrogen-bond donors (Lipinski definition) is 0. The number of esters is 1. The molecule has 0 spiro atoms. The number of hydrogen-bond acceptors (Lipinski definition) is 4. The minimum absolute atomic E-state index is 0.351. The minimum atomic E-state index is -0.365. The molecule has 0 saturated heterocycles. The number of benzene rings is 1. The van der Waals surface area contributed by atoms with E-state index in [0.29, 0.717) is 6.61 Å². The molecule has 0 aliphatic carbocycles. The molecule has 0 aliphatic rings. The van der Waals surface area contributed by atoms with Gasteiger partial charge in [0.1, 0.15) is 11.6 Å². The summed E-state index contributed by atoms with van der Waals surface area (Å²) in [5, 5.41) is 5.60. The lowest BCUT2D eigenvalue weighted by Crippen LogP contribution is -2.03. The molecule has 6 heteroatoms. The van der Waals surface area contributed by atoms with Crippen LogP contribution in [0.2, 0.25) is 0 Å². The van der Waals surface area contributed by atoms with E-state index in [-0.39, 0.29) is 5.97 Å². The molecule has 130 valence electrons. The van der Waals surface area contributed by atoms with Crippen LogP contribution in [0.5, 0.6) is 5.75 Å². The molecule has 3 aromatic rings. The van der Waals surface area contributed by atoms with Crippen LogP contribution < -0.4 is 4.74 Å². The van der Waals surface area contributed by atoms with E-state index in [2.05, 4.69) is 5.10 Å². The van der Waals surface area contributed by atoms with E-state index in [1.165, 1.54) is 6.08 Å². The summed E-state index contributed by atoms with van der Waals surface area (Å²) >= 11 is 0. The first kappa shape index (κ1) is 16.8. The lowest BCUT2D eigenvalue weighted by atomic mass is 10.2. The zero-order chi connectivity index (χ0) is 18.0. The zero-order valence-corrected chi connectivity index (χ0v) is 14.8. The van der Waals surface area contributed by atoms with Gasteiger partial charge in [0.25, 0.3) is 0 Å². The number of ether oxygens (including phenoxy) is 2. The van der Waals surface area contributed by atoms with E-state index in [4.69, 9.17) is 9.47 Å². The lowest BCUT2D eigenvalue weighted by Gasteiger charge is -2.09. The predicted octanol–water partition coefficient (Wildman–Crippen LogP) is 3.26. The highest BCUT2D eigenvalue weighted by Gasteiger charge is 2.15. The second kappa shape index (κ2) is 6.84. The number of nitrogens with zero attached hydrogens (tertiary/aromatic N) is 3. The van der Waals surface area contributed by atoms with Crippen LogP contribution in [0, 0.1) is 6.92 Å². The molecule has 2 heterocycles. The van der Waals surface area contributed by atoms with Crippen molar-refractivity contribution in [2.24, 2.45) is 7.05 Å². The molecule has 0 bridgehead atoms. The fourth-order valence-corrected chi connectivity index (χ4v) is 2.90. The Hall–Kier alpha value is -3.02. The van der Waals surface area contributed by atoms with Gasteiger partial charge < -0.3 is 14.0 Å². The predicted molar refractivity (Wildman–Crippen MR) is 97.0 cm³/mol. The molecule has 25 heavy (non-hydrogen) atoms. The Bertz CT molecular complexity index is 950. The molecular formula is C19H21N3O3. The highest BCUT2D eigenvalue weighted by Crippen LogP contribution is 2.28. The van der Waals surface area contributed by atoms with E-state index in [9.17, 15) is 4.79 Å². The zero-order valence-electron chi connectivity index (χ0n) is 14.8. The van der Waals surface area contributed by atoms with Crippen molar-refractivity contribution in [1.29, 1.82) is 0 Å². The van der Waals surface area contributed by atoms with Crippen LogP contribution in [0.3, 0.4) is 0 Å². The van der Waals surface area contributed by atoms with Crippen molar-refractivity contribution >= 4 is 22.9 Å². The quantitative estimate of drug-likeness (QED) is 0.529. The third-order valence-electron chi connectivity index (χ3n) is 4.04. The topological polar surface area (TPSA) is 58.3 Å². The summed E-state index contributed by atoms with van der Waals surface area (Å²) in [5.74, 6) is 1.30. The number of aryl methyl sites for hydroxylation is 2. The summed E-state index contributed by atoms with van der Waals surface area (Å²) in [6.45, 7) is 4.05. The minimum Gasteiger partial charge on any atom is -0.497 e. The summed E-state index contributed by atoms with van der Waals surface area (Å²) in [5.41, 5.74) is 2.71. The van der Waals surface area contributed by atoms with Crippen molar-refractivity contribution in [1.82, 2.24) is 14.3 Å². The fraction of sp³-hybridized carbons (Fsp3) is 0.263. The molecule has 0 atom stereocenters. The summed E-state index contributed by atoms with van der Waals surface area (Å²) in [6, 6.07) is 7.97. The third kappa shape index (κ3) is 3.15. The van der Waals surface area contributed by atoms with Crippen molar-refractivity contribution in [2.75, 3.05) is 13.7 Å². The monoisotopic (exact) mass is 339 g/mol. The first-order valence-corrected chi connectivity index (χ1v) is 8.09. The summed E-state index contributed by atoms with van der Waals surface area (Å²) in [7, 11) is 3.53. The van der Waals surface area contributed by atoms with Gasteiger partial charge in [0, 0.05) is 36.3 Å². The van der Waals surface area contributed by atoms with Crippen molar-refractivity contribution in [2.45, 2.75) is 13.8 Å². The van der Waals surface area contributed by atoms with Gasteiger partial charge in [-0.1, -0.05) is 0 Å². The maximum absolute atomic E-state index is 11.7. The Morgan fingerprint density at radius 3 is 2.84 bits per heavy atom. The van der Waals surface area contributed by atoms with E-state index >= 15 is 0 Å². The van der Waals surface area contributed by atoms with E-state index in [1.54, 1.807) is 24.8 Å². The highest BCUT2D eigenvalue weighted by molar-refractivity contribution is 5.89. The van der Waals surface area contributed by atoms with Gasteiger partial charge in [0.05, 0.1) is 24.9 Å². The summed E-state index contributed by atoms with van der Waals surface area (Å²) in [4.78, 5) is 11.7. The molecule has 0 amide bonds. The van der Waals surface area contributed by atoms with Crippen molar-refractivity contribution < 1.29 is 14.3 Å². The molecule has 1 aromatic carbocycles. The number of fused-ring (bicyclic) bond motifs is 1. The number of aromatic nitrogens is 3. The number of rotatable bonds is 5. The fourth-order valence-electron chi connectivity index (χ4n) is 2.90. The molecule has 0 saturated carbocycles. The molecule has 6 nitrogen and oxygen atoms in total. The van der Waals surface area contributed by atoms with Crippen molar-refractivity contribution in [3.63, 3.8) is 0 Å². The van der Waals surface area contributed by atoms with Gasteiger partial charge >= 0.3 is 5.97 Å². The van der Waals surface area contributed by atoms with E-state index in [1.807, 2.05) is 49.0 Å². The Morgan fingerprint density at radius 2 is 2.12 bits per heavy atom. The average Bonchev–Trinajstić information content (AvgIpc) is 3.12. The summed E-state index contributed by atoms with van der Waals surface area (Å²) in [6.07, 6.45) is 5.17. The molecule has 3 rings (SSSR count). The van der Waals surface area contributed by atoms with Gasteiger partial charge in [-0.15, -0.1) is 0 Å². The number of carbonyl (C=O) groups is 1. The van der Waals surface area contributed by atoms with E-state index in [0.717, 1.165) is 33.7 Å². The first-order valence-electron chi connectivity index (χ1n) is 8.09. The van der Waals surface area contributed by atoms with Gasteiger partial charge in [-0.3, -0.25) is 4.68 Å². The third-order valence-corrected chi connectivity index (χ3v) is 4.04. The molecule has 2 aromatic heterocycles. The Kier molecular flexibility index (Phi) is 4.61. The lowest BCUT2D eigenvalue weighted by molar-refractivity contribution is -0.137. The van der Waals surface area contributed by atoms with Gasteiger partial charge in [0.2, 0.25) is 0 Å². The maximum Gasteiger partial charge on any atom is 0.330 e. The van der Waals surface area contributed by atoms with Crippen LogP contribution in [0.25, 0.3) is 22.8 Å². The van der Waals surface area contributed by atoms with Crippen LogP contribution in [-0.2, 0) is 16.6 Å². The Balaban J connectivity index is 2.13. The summed E-state index contributed by atoms with van der Waals surface area (Å²) < 4.78 is 14.2. The molecule has 0 aliphatic heterocycles. The average molecular weight is 339 g/mol. The van der Waals surface area contributed by atoms with Crippen LogP contribution in [0.1, 0.15) is 18.2 Å². The maximum atomic E-state index is 11.7.